The average Bonchev–Trinajstić information content (AvgIpc) is 2.97. The molecule has 1 fully saturated rings. The van der Waals surface area contributed by atoms with E-state index in [1.54, 1.807) is 0 Å². The van der Waals surface area contributed by atoms with E-state index in [-0.39, 0.29) is 0 Å². The summed E-state index contributed by atoms with van der Waals surface area (Å²) in [6.07, 6.45) is 6.92. The van der Waals surface area contributed by atoms with Gasteiger partial charge in [0.15, 0.2) is 0 Å². The van der Waals surface area contributed by atoms with Crippen LogP contribution in [0.25, 0.3) is 0 Å². The lowest BCUT2D eigenvalue weighted by atomic mass is 10.0. The van der Waals surface area contributed by atoms with Gasteiger partial charge in [0.25, 0.3) is 0 Å². The highest BCUT2D eigenvalue weighted by molar-refractivity contribution is 9.10. The Morgan fingerprint density at radius 3 is 2.67 bits per heavy atom. The van der Waals surface area contributed by atoms with Gasteiger partial charge in [-0.25, -0.2) is 0 Å². The smallest absolute Gasteiger partial charge is 0.0343 e. The van der Waals surface area contributed by atoms with Crippen molar-refractivity contribution >= 4 is 15.9 Å². The maximum atomic E-state index is 3.69. The van der Waals surface area contributed by atoms with Gasteiger partial charge in [0.1, 0.15) is 0 Å². The Morgan fingerprint density at radius 2 is 2.00 bits per heavy atom. The van der Waals surface area contributed by atoms with E-state index in [2.05, 4.69) is 64.4 Å². The Balaban J connectivity index is 1.86. The lowest BCUT2D eigenvalue weighted by molar-refractivity contribution is 0.263. The molecule has 1 unspecified atom stereocenters. The van der Waals surface area contributed by atoms with E-state index in [0.29, 0.717) is 6.04 Å². The van der Waals surface area contributed by atoms with E-state index in [9.17, 15) is 0 Å². The van der Waals surface area contributed by atoms with Crippen molar-refractivity contribution in [3.63, 3.8) is 0 Å². The molecule has 1 aliphatic rings. The third kappa shape index (κ3) is 5.39. The molecular formula is C18H29BrN2. The predicted octanol–water partition coefficient (Wildman–Crippen LogP) is 4.61. The third-order valence-corrected chi connectivity index (χ3v) is 5.30. The molecule has 1 N–H and O–H groups in total. The van der Waals surface area contributed by atoms with Crippen molar-refractivity contribution in [3.8, 4) is 0 Å². The molecule has 0 amide bonds. The normalized spacial score (nSPS) is 17.5. The van der Waals surface area contributed by atoms with E-state index >= 15 is 0 Å². The average molecular weight is 353 g/mol. The molecule has 3 heteroatoms. The molecule has 2 nitrogen and oxygen atoms in total. The van der Waals surface area contributed by atoms with Gasteiger partial charge in [0.05, 0.1) is 0 Å². The number of nitrogens with zero attached hydrogens (tertiary/aromatic N) is 1. The van der Waals surface area contributed by atoms with E-state index in [0.717, 1.165) is 19.0 Å². The fourth-order valence-corrected chi connectivity index (χ4v) is 4.01. The molecule has 0 radical (unpaired) electrons. The number of hydrogen-bond donors (Lipinski definition) is 1. The Kier molecular flexibility index (Phi) is 7.21. The largest absolute Gasteiger partial charge is 0.310 e. The lowest BCUT2D eigenvalue weighted by Crippen LogP contribution is -2.30. The minimum atomic E-state index is 0.441. The Labute approximate surface area is 138 Å². The molecule has 0 spiro atoms. The number of nitrogens with one attached hydrogen (secondary N) is 1. The molecule has 1 aromatic carbocycles. The maximum absolute atomic E-state index is 3.69. The minimum absolute atomic E-state index is 0.441. The topological polar surface area (TPSA) is 15.3 Å². The van der Waals surface area contributed by atoms with E-state index < -0.39 is 0 Å². The zero-order valence-electron chi connectivity index (χ0n) is 13.4. The van der Waals surface area contributed by atoms with Crippen LogP contribution in [0.3, 0.4) is 0 Å². The monoisotopic (exact) mass is 352 g/mol. The molecule has 1 aromatic rings. The van der Waals surface area contributed by atoms with E-state index in [4.69, 9.17) is 0 Å². The maximum Gasteiger partial charge on any atom is 0.0343 e. The first-order chi connectivity index (χ1) is 10.2. The standard InChI is InChI=1S/C18H29BrN2/c1-3-20-18(16-10-6-7-11-17(16)19)12-13-21(2)14-15-8-4-5-9-15/h6-7,10-11,15,18,20H,3-5,8-9,12-14H2,1-2H3. The van der Waals surface area contributed by atoms with Crippen LogP contribution in [0.2, 0.25) is 0 Å². The Morgan fingerprint density at radius 1 is 1.29 bits per heavy atom. The van der Waals surface area contributed by atoms with Crippen LogP contribution in [0.4, 0.5) is 0 Å². The van der Waals surface area contributed by atoms with E-state index in [1.807, 2.05) is 0 Å². The van der Waals surface area contributed by atoms with Crippen molar-refractivity contribution in [2.24, 2.45) is 5.92 Å². The van der Waals surface area contributed by atoms with Crippen molar-refractivity contribution in [3.05, 3.63) is 34.3 Å². The summed E-state index contributed by atoms with van der Waals surface area (Å²) >= 11 is 3.69. The highest BCUT2D eigenvalue weighted by Crippen LogP contribution is 2.27. The highest BCUT2D eigenvalue weighted by atomic mass is 79.9. The number of halogens is 1. The van der Waals surface area contributed by atoms with Crippen LogP contribution in [-0.4, -0.2) is 31.6 Å². The fourth-order valence-electron chi connectivity index (χ4n) is 3.45. The molecule has 1 aliphatic carbocycles. The quantitative estimate of drug-likeness (QED) is 0.734. The fraction of sp³-hybridized carbons (Fsp3) is 0.667. The molecule has 21 heavy (non-hydrogen) atoms. The summed E-state index contributed by atoms with van der Waals surface area (Å²) in [5, 5.41) is 3.63. The van der Waals surface area contributed by atoms with Gasteiger partial charge in [-0.1, -0.05) is 53.9 Å². The lowest BCUT2D eigenvalue weighted by Gasteiger charge is -2.25. The second kappa shape index (κ2) is 8.92. The van der Waals surface area contributed by atoms with Gasteiger partial charge in [-0.2, -0.15) is 0 Å². The number of hydrogen-bond acceptors (Lipinski definition) is 2. The van der Waals surface area contributed by atoms with Crippen LogP contribution in [0, 0.1) is 5.92 Å². The third-order valence-electron chi connectivity index (χ3n) is 4.58. The van der Waals surface area contributed by atoms with Crippen LogP contribution in [0.5, 0.6) is 0 Å². The van der Waals surface area contributed by atoms with Crippen molar-refractivity contribution in [2.75, 3.05) is 26.7 Å². The molecule has 0 aliphatic heterocycles. The van der Waals surface area contributed by atoms with Gasteiger partial charge in [-0.15, -0.1) is 0 Å². The van der Waals surface area contributed by atoms with Crippen molar-refractivity contribution in [1.82, 2.24) is 10.2 Å². The zero-order chi connectivity index (χ0) is 15.1. The molecule has 1 saturated carbocycles. The van der Waals surface area contributed by atoms with Crippen LogP contribution in [0.1, 0.15) is 50.6 Å². The second-order valence-electron chi connectivity index (χ2n) is 6.33. The van der Waals surface area contributed by atoms with Crippen LogP contribution < -0.4 is 5.32 Å². The minimum Gasteiger partial charge on any atom is -0.310 e. The summed E-state index contributed by atoms with van der Waals surface area (Å²) in [5.41, 5.74) is 1.38. The zero-order valence-corrected chi connectivity index (χ0v) is 15.0. The first kappa shape index (κ1) is 17.0. The van der Waals surface area contributed by atoms with Gasteiger partial charge in [-0.05, 0) is 56.9 Å². The first-order valence-corrected chi connectivity index (χ1v) is 9.16. The van der Waals surface area contributed by atoms with Crippen LogP contribution in [-0.2, 0) is 0 Å². The highest BCUT2D eigenvalue weighted by Gasteiger charge is 2.18. The van der Waals surface area contributed by atoms with Gasteiger partial charge in [-0.3, -0.25) is 0 Å². The van der Waals surface area contributed by atoms with Crippen molar-refractivity contribution in [2.45, 2.75) is 45.1 Å². The van der Waals surface area contributed by atoms with Gasteiger partial charge in [0, 0.05) is 17.1 Å². The van der Waals surface area contributed by atoms with Gasteiger partial charge < -0.3 is 10.2 Å². The van der Waals surface area contributed by atoms with E-state index in [1.165, 1.54) is 48.7 Å². The van der Waals surface area contributed by atoms with Gasteiger partial charge in [0.2, 0.25) is 0 Å². The number of benzene rings is 1. The summed E-state index contributed by atoms with van der Waals surface area (Å²) in [6.45, 7) is 5.63. The molecule has 0 saturated heterocycles. The summed E-state index contributed by atoms with van der Waals surface area (Å²) in [5.74, 6) is 0.941. The molecule has 0 bridgehead atoms. The summed E-state index contributed by atoms with van der Waals surface area (Å²) in [7, 11) is 2.28. The van der Waals surface area contributed by atoms with Crippen molar-refractivity contribution < 1.29 is 0 Å². The molecule has 118 valence electrons. The molecule has 0 heterocycles. The molecule has 2 rings (SSSR count). The predicted molar refractivity (Wildman–Crippen MR) is 94.6 cm³/mol. The van der Waals surface area contributed by atoms with Crippen molar-refractivity contribution in [1.29, 1.82) is 0 Å². The SMILES string of the molecule is CCNC(CCN(C)CC1CCCC1)c1ccccc1Br. The molecule has 1 atom stereocenters. The first-order valence-electron chi connectivity index (χ1n) is 8.37. The number of rotatable bonds is 8. The summed E-state index contributed by atoms with van der Waals surface area (Å²) in [4.78, 5) is 2.52. The van der Waals surface area contributed by atoms with Gasteiger partial charge >= 0.3 is 0 Å². The summed E-state index contributed by atoms with van der Waals surface area (Å²) < 4.78 is 1.22. The molecular weight excluding hydrogens is 324 g/mol. The molecule has 0 aromatic heterocycles. The Bertz CT molecular complexity index is 415. The summed E-state index contributed by atoms with van der Waals surface area (Å²) in [6, 6.07) is 9.03. The van der Waals surface area contributed by atoms with Crippen LogP contribution in [0.15, 0.2) is 28.7 Å². The Hall–Kier alpha value is -0.380. The second-order valence-corrected chi connectivity index (χ2v) is 7.19. The van der Waals surface area contributed by atoms with Crippen LogP contribution >= 0.6 is 15.9 Å².